The van der Waals surface area contributed by atoms with E-state index in [4.69, 9.17) is 10.5 Å². The molecule has 0 amide bonds. The standard InChI is InChI=1S/C9H10BrN3O/c10-9-6(2-1-3-12-9)7-4-14-5-8(11)13-7/h1-3,7H,4-5H2,(H2,11,13)/t7-/m0/s1. The Kier molecular flexibility index (Phi) is 2.79. The Labute approximate surface area is 90.3 Å². The molecule has 2 heterocycles. The maximum Gasteiger partial charge on any atom is 0.121 e. The Hall–Kier alpha value is -0.940. The van der Waals surface area contributed by atoms with E-state index in [-0.39, 0.29) is 6.04 Å². The minimum Gasteiger partial charge on any atom is -0.386 e. The Morgan fingerprint density at radius 1 is 1.57 bits per heavy atom. The van der Waals surface area contributed by atoms with E-state index in [0.29, 0.717) is 19.0 Å². The van der Waals surface area contributed by atoms with E-state index in [2.05, 4.69) is 25.9 Å². The lowest BCUT2D eigenvalue weighted by Gasteiger charge is -2.19. The fourth-order valence-corrected chi connectivity index (χ4v) is 1.87. The molecule has 0 bridgehead atoms. The molecule has 1 aromatic heterocycles. The predicted octanol–water partition coefficient (Wildman–Crippen LogP) is 1.27. The van der Waals surface area contributed by atoms with Crippen LogP contribution in [0.5, 0.6) is 0 Å². The first-order valence-electron chi connectivity index (χ1n) is 4.27. The SMILES string of the molecule is NC1=N[C@H](c2cccnc2Br)COC1. The van der Waals surface area contributed by atoms with Gasteiger partial charge in [0.05, 0.1) is 6.61 Å². The lowest BCUT2D eigenvalue weighted by atomic mass is 10.1. The molecule has 0 radical (unpaired) electrons. The Bertz CT molecular complexity index is 367. The largest absolute Gasteiger partial charge is 0.386 e. The van der Waals surface area contributed by atoms with Gasteiger partial charge in [-0.25, -0.2) is 4.98 Å². The van der Waals surface area contributed by atoms with Crippen LogP contribution in [-0.2, 0) is 4.74 Å². The highest BCUT2D eigenvalue weighted by molar-refractivity contribution is 9.10. The van der Waals surface area contributed by atoms with E-state index in [1.807, 2.05) is 12.1 Å². The van der Waals surface area contributed by atoms with E-state index in [1.165, 1.54) is 0 Å². The number of aliphatic imine (C=N–C) groups is 1. The number of pyridine rings is 1. The summed E-state index contributed by atoms with van der Waals surface area (Å²) in [7, 11) is 0. The number of amidine groups is 1. The number of hydrogen-bond donors (Lipinski definition) is 1. The van der Waals surface area contributed by atoms with E-state index < -0.39 is 0 Å². The Morgan fingerprint density at radius 3 is 3.14 bits per heavy atom. The van der Waals surface area contributed by atoms with Gasteiger partial charge in [0, 0.05) is 11.8 Å². The van der Waals surface area contributed by atoms with E-state index in [0.717, 1.165) is 10.2 Å². The number of aromatic nitrogens is 1. The second-order valence-electron chi connectivity index (χ2n) is 3.03. The van der Waals surface area contributed by atoms with Crippen molar-refractivity contribution < 1.29 is 4.74 Å². The molecule has 0 spiro atoms. The van der Waals surface area contributed by atoms with Crippen molar-refractivity contribution in [1.82, 2.24) is 4.98 Å². The fraction of sp³-hybridized carbons (Fsp3) is 0.333. The quantitative estimate of drug-likeness (QED) is 0.770. The minimum absolute atomic E-state index is 0.0353. The van der Waals surface area contributed by atoms with Gasteiger partial charge in [-0.15, -0.1) is 0 Å². The highest BCUT2D eigenvalue weighted by atomic mass is 79.9. The minimum atomic E-state index is -0.0353. The van der Waals surface area contributed by atoms with Gasteiger partial charge in [0.2, 0.25) is 0 Å². The highest BCUT2D eigenvalue weighted by Gasteiger charge is 2.18. The molecule has 0 aliphatic carbocycles. The van der Waals surface area contributed by atoms with Crippen LogP contribution < -0.4 is 5.73 Å². The molecule has 74 valence electrons. The Morgan fingerprint density at radius 2 is 2.43 bits per heavy atom. The van der Waals surface area contributed by atoms with Crippen molar-refractivity contribution in [3.63, 3.8) is 0 Å². The van der Waals surface area contributed by atoms with Gasteiger partial charge in [0.1, 0.15) is 23.1 Å². The van der Waals surface area contributed by atoms with Crippen LogP contribution in [-0.4, -0.2) is 24.0 Å². The molecule has 5 heteroatoms. The molecule has 0 fully saturated rings. The first kappa shape index (κ1) is 9.61. The van der Waals surface area contributed by atoms with Crippen LogP contribution in [0.15, 0.2) is 27.9 Å². The molecular formula is C9H10BrN3O. The summed E-state index contributed by atoms with van der Waals surface area (Å²) in [6.45, 7) is 0.985. The van der Waals surface area contributed by atoms with Crippen molar-refractivity contribution in [2.75, 3.05) is 13.2 Å². The number of halogens is 1. The molecule has 1 aromatic rings. The maximum atomic E-state index is 5.60. The third-order valence-electron chi connectivity index (χ3n) is 1.99. The van der Waals surface area contributed by atoms with Gasteiger partial charge in [-0.2, -0.15) is 0 Å². The number of ether oxygens (including phenoxy) is 1. The molecule has 0 unspecified atom stereocenters. The lowest BCUT2D eigenvalue weighted by molar-refractivity contribution is 0.143. The number of nitrogens with two attached hydrogens (primary N) is 1. The zero-order chi connectivity index (χ0) is 9.97. The molecule has 0 aromatic carbocycles. The van der Waals surface area contributed by atoms with Crippen LogP contribution in [0.3, 0.4) is 0 Å². The fourth-order valence-electron chi connectivity index (χ4n) is 1.36. The molecule has 1 aliphatic rings. The second kappa shape index (κ2) is 4.06. The van der Waals surface area contributed by atoms with E-state index in [1.54, 1.807) is 6.20 Å². The topological polar surface area (TPSA) is 60.5 Å². The zero-order valence-corrected chi connectivity index (χ0v) is 9.07. The van der Waals surface area contributed by atoms with Crippen LogP contribution >= 0.6 is 15.9 Å². The molecular weight excluding hydrogens is 246 g/mol. The van der Waals surface area contributed by atoms with Gasteiger partial charge >= 0.3 is 0 Å². The molecule has 2 rings (SSSR count). The maximum absolute atomic E-state index is 5.60. The lowest BCUT2D eigenvalue weighted by Crippen LogP contribution is -2.27. The summed E-state index contributed by atoms with van der Waals surface area (Å²) in [5.74, 6) is 0.539. The van der Waals surface area contributed by atoms with Crippen LogP contribution in [0.1, 0.15) is 11.6 Å². The van der Waals surface area contributed by atoms with Crippen LogP contribution in [0.4, 0.5) is 0 Å². The summed E-state index contributed by atoms with van der Waals surface area (Å²) >= 11 is 3.37. The summed E-state index contributed by atoms with van der Waals surface area (Å²) in [5, 5.41) is 0. The first-order chi connectivity index (χ1) is 6.77. The van der Waals surface area contributed by atoms with E-state index >= 15 is 0 Å². The third kappa shape index (κ3) is 1.93. The van der Waals surface area contributed by atoms with Crippen molar-refractivity contribution in [1.29, 1.82) is 0 Å². The average Bonchev–Trinajstić information content (AvgIpc) is 2.18. The predicted molar refractivity (Wildman–Crippen MR) is 57.1 cm³/mol. The Balaban J connectivity index is 2.31. The second-order valence-corrected chi connectivity index (χ2v) is 3.79. The first-order valence-corrected chi connectivity index (χ1v) is 5.07. The summed E-state index contributed by atoms with van der Waals surface area (Å²) in [4.78, 5) is 8.44. The summed E-state index contributed by atoms with van der Waals surface area (Å²) in [5.41, 5.74) is 6.61. The van der Waals surface area contributed by atoms with Gasteiger partial charge in [-0.3, -0.25) is 4.99 Å². The summed E-state index contributed by atoms with van der Waals surface area (Å²) < 4.78 is 6.10. The average molecular weight is 256 g/mol. The molecule has 1 aliphatic heterocycles. The van der Waals surface area contributed by atoms with Gasteiger partial charge in [-0.1, -0.05) is 6.07 Å². The highest BCUT2D eigenvalue weighted by Crippen LogP contribution is 2.25. The van der Waals surface area contributed by atoms with Crippen molar-refractivity contribution in [3.05, 3.63) is 28.5 Å². The third-order valence-corrected chi connectivity index (χ3v) is 2.66. The van der Waals surface area contributed by atoms with Crippen molar-refractivity contribution in [2.24, 2.45) is 10.7 Å². The van der Waals surface area contributed by atoms with Crippen molar-refractivity contribution in [3.8, 4) is 0 Å². The van der Waals surface area contributed by atoms with E-state index in [9.17, 15) is 0 Å². The van der Waals surface area contributed by atoms with Gasteiger partial charge in [0.25, 0.3) is 0 Å². The number of hydrogen-bond acceptors (Lipinski definition) is 4. The normalized spacial score (nSPS) is 21.8. The smallest absolute Gasteiger partial charge is 0.121 e. The van der Waals surface area contributed by atoms with Crippen LogP contribution in [0.2, 0.25) is 0 Å². The molecule has 14 heavy (non-hydrogen) atoms. The van der Waals surface area contributed by atoms with Crippen molar-refractivity contribution in [2.45, 2.75) is 6.04 Å². The van der Waals surface area contributed by atoms with Crippen LogP contribution in [0, 0.1) is 0 Å². The van der Waals surface area contributed by atoms with Gasteiger partial charge in [-0.05, 0) is 22.0 Å². The zero-order valence-electron chi connectivity index (χ0n) is 7.48. The number of rotatable bonds is 1. The molecule has 0 saturated carbocycles. The summed E-state index contributed by atoms with van der Waals surface area (Å²) in [6, 6.07) is 3.81. The summed E-state index contributed by atoms with van der Waals surface area (Å²) in [6.07, 6.45) is 1.73. The molecule has 4 nitrogen and oxygen atoms in total. The molecule has 2 N–H and O–H groups in total. The number of nitrogens with zero attached hydrogens (tertiary/aromatic N) is 2. The molecule has 1 atom stereocenters. The molecule has 0 saturated heterocycles. The van der Waals surface area contributed by atoms with Crippen LogP contribution in [0.25, 0.3) is 0 Å². The monoisotopic (exact) mass is 255 g/mol. The van der Waals surface area contributed by atoms with Crippen molar-refractivity contribution >= 4 is 21.8 Å². The van der Waals surface area contributed by atoms with Gasteiger partial charge < -0.3 is 10.5 Å². The van der Waals surface area contributed by atoms with Gasteiger partial charge in [0.15, 0.2) is 0 Å².